The van der Waals surface area contributed by atoms with Gasteiger partial charge in [-0.1, -0.05) is 76.1 Å². The summed E-state index contributed by atoms with van der Waals surface area (Å²) in [5.74, 6) is -1.33. The summed E-state index contributed by atoms with van der Waals surface area (Å²) in [6.45, 7) is 1.93. The van der Waals surface area contributed by atoms with Crippen LogP contribution in [0.15, 0.2) is 99.0 Å². The van der Waals surface area contributed by atoms with Crippen molar-refractivity contribution in [2.45, 2.75) is 6.92 Å². The lowest BCUT2D eigenvalue weighted by molar-refractivity contribution is 0.0733. The first-order valence-electron chi connectivity index (χ1n) is 11.8. The number of esters is 1. The van der Waals surface area contributed by atoms with Crippen molar-refractivity contribution in [2.24, 2.45) is 5.10 Å². The molecule has 0 aliphatic heterocycles. The molecule has 1 heterocycles. The number of aryl methyl sites for hydroxylation is 1. The minimum absolute atomic E-state index is 0.167. The first-order valence-corrected chi connectivity index (χ1v) is 13.4. The van der Waals surface area contributed by atoms with Gasteiger partial charge in [0.2, 0.25) is 0 Å². The van der Waals surface area contributed by atoms with Crippen molar-refractivity contribution in [2.75, 3.05) is 0 Å². The zero-order valence-corrected chi connectivity index (χ0v) is 23.6. The quantitative estimate of drug-likeness (QED) is 0.0853. The fourth-order valence-corrected chi connectivity index (χ4v) is 5.44. The van der Waals surface area contributed by atoms with Gasteiger partial charge in [0.05, 0.1) is 21.8 Å². The summed E-state index contributed by atoms with van der Waals surface area (Å²) in [5.41, 5.74) is 6.07. The Morgan fingerprint density at radius 3 is 2.46 bits per heavy atom. The Kier molecular flexibility index (Phi) is 7.72. The lowest BCUT2D eigenvalue weighted by Crippen LogP contribution is -2.19. The van der Waals surface area contributed by atoms with Crippen LogP contribution in [0, 0.1) is 12.7 Å². The van der Waals surface area contributed by atoms with E-state index >= 15 is 0 Å². The number of aromatic amines is 1. The number of para-hydroxylation sites is 1. The first kappa shape index (κ1) is 26.5. The Hall–Kier alpha value is -4.08. The summed E-state index contributed by atoms with van der Waals surface area (Å²) in [7, 11) is 0. The fourth-order valence-electron chi connectivity index (χ4n) is 4.10. The second-order valence-electron chi connectivity index (χ2n) is 8.66. The number of rotatable bonds is 6. The average Bonchev–Trinajstić information content (AvgIpc) is 3.32. The minimum atomic E-state index is -0.562. The molecule has 194 valence electrons. The zero-order valence-electron chi connectivity index (χ0n) is 20.5. The Morgan fingerprint density at radius 1 is 0.974 bits per heavy atom. The molecule has 6 nitrogen and oxygen atoms in total. The molecule has 1 aromatic heterocycles. The van der Waals surface area contributed by atoms with Crippen molar-refractivity contribution in [1.29, 1.82) is 0 Å². The molecule has 0 bridgehead atoms. The molecule has 4 aromatic carbocycles. The summed E-state index contributed by atoms with van der Waals surface area (Å²) >= 11 is 6.86. The van der Waals surface area contributed by atoms with E-state index in [1.807, 2.05) is 49.4 Å². The Morgan fingerprint density at radius 2 is 1.72 bits per heavy atom. The highest BCUT2D eigenvalue weighted by molar-refractivity contribution is 9.11. The predicted octanol–water partition coefficient (Wildman–Crippen LogP) is 7.79. The van der Waals surface area contributed by atoms with Crippen LogP contribution in [-0.2, 0) is 0 Å². The van der Waals surface area contributed by atoms with Gasteiger partial charge in [0.25, 0.3) is 5.91 Å². The van der Waals surface area contributed by atoms with E-state index in [9.17, 15) is 14.0 Å². The second kappa shape index (κ2) is 11.3. The van der Waals surface area contributed by atoms with Crippen molar-refractivity contribution >= 4 is 60.9 Å². The molecule has 0 spiro atoms. The Labute approximate surface area is 240 Å². The van der Waals surface area contributed by atoms with E-state index in [4.69, 9.17) is 4.74 Å². The first-order chi connectivity index (χ1) is 18.8. The molecule has 5 rings (SSSR count). The van der Waals surface area contributed by atoms with E-state index < -0.39 is 17.7 Å². The van der Waals surface area contributed by atoms with E-state index in [1.54, 1.807) is 36.4 Å². The van der Waals surface area contributed by atoms with Crippen LogP contribution >= 0.6 is 31.9 Å². The van der Waals surface area contributed by atoms with Gasteiger partial charge >= 0.3 is 5.97 Å². The molecule has 5 aromatic rings. The SMILES string of the molecule is Cc1ccc(C(=O)Oc2c(Br)cc(Br)cc2C=NNC(=O)c2[nH]c3c(F)cccc3c2-c2ccccc2)cc1. The topological polar surface area (TPSA) is 83.5 Å². The van der Waals surface area contributed by atoms with Crippen LogP contribution in [-0.4, -0.2) is 23.1 Å². The number of amides is 1. The van der Waals surface area contributed by atoms with E-state index in [0.717, 1.165) is 11.1 Å². The molecular formula is C30H20Br2FN3O3. The molecule has 0 fully saturated rings. The molecule has 0 atom stereocenters. The highest BCUT2D eigenvalue weighted by atomic mass is 79.9. The van der Waals surface area contributed by atoms with Crippen LogP contribution in [0.5, 0.6) is 5.75 Å². The van der Waals surface area contributed by atoms with E-state index in [1.165, 1.54) is 12.3 Å². The number of hydrazone groups is 1. The Bertz CT molecular complexity index is 1730. The molecule has 1 amide bonds. The number of halogens is 3. The number of aromatic nitrogens is 1. The van der Waals surface area contributed by atoms with Gasteiger partial charge in [0.1, 0.15) is 11.5 Å². The standard InChI is InChI=1S/C30H20Br2FN3O3/c1-17-10-12-19(13-11-17)30(38)39-28-20(14-21(31)15-23(28)32)16-34-36-29(37)27-25(18-6-3-2-4-7-18)22-8-5-9-24(33)26(22)35-27/h2-16,35H,1H3,(H,36,37). The smallest absolute Gasteiger partial charge is 0.343 e. The summed E-state index contributed by atoms with van der Waals surface area (Å²) in [4.78, 5) is 28.9. The monoisotopic (exact) mass is 647 g/mol. The summed E-state index contributed by atoms with van der Waals surface area (Å²) in [6.07, 6.45) is 1.37. The number of nitrogens with zero attached hydrogens (tertiary/aromatic N) is 1. The maximum absolute atomic E-state index is 14.6. The molecule has 0 saturated carbocycles. The average molecular weight is 649 g/mol. The molecule has 9 heteroatoms. The third-order valence-corrected chi connectivity index (χ3v) is 7.01. The van der Waals surface area contributed by atoms with E-state index in [-0.39, 0.29) is 17.0 Å². The Balaban J connectivity index is 1.44. The number of ether oxygens (including phenoxy) is 1. The molecule has 0 radical (unpaired) electrons. The van der Waals surface area contributed by atoms with Crippen molar-refractivity contribution in [3.8, 4) is 16.9 Å². The van der Waals surface area contributed by atoms with E-state index in [0.29, 0.717) is 31.0 Å². The molecule has 2 N–H and O–H groups in total. The summed E-state index contributed by atoms with van der Waals surface area (Å²) in [6, 6.07) is 24.4. The molecule has 0 unspecified atom stereocenters. The highest BCUT2D eigenvalue weighted by Gasteiger charge is 2.21. The summed E-state index contributed by atoms with van der Waals surface area (Å²) in [5, 5.41) is 4.69. The zero-order chi connectivity index (χ0) is 27.5. The molecule has 0 saturated heterocycles. The van der Waals surface area contributed by atoms with Gasteiger partial charge in [0.15, 0.2) is 5.75 Å². The maximum Gasteiger partial charge on any atom is 0.343 e. The van der Waals surface area contributed by atoms with Gasteiger partial charge in [0, 0.05) is 21.0 Å². The second-order valence-corrected chi connectivity index (χ2v) is 10.4. The number of H-pyrrole nitrogens is 1. The summed E-state index contributed by atoms with van der Waals surface area (Å²) < 4.78 is 21.4. The number of carbonyl (C=O) groups excluding carboxylic acids is 2. The third-order valence-electron chi connectivity index (χ3n) is 5.96. The van der Waals surface area contributed by atoms with Crippen molar-refractivity contribution in [3.05, 3.63) is 122 Å². The van der Waals surface area contributed by atoms with Gasteiger partial charge in [-0.25, -0.2) is 14.6 Å². The predicted molar refractivity (Wildman–Crippen MR) is 157 cm³/mol. The number of benzene rings is 4. The molecule has 0 aliphatic rings. The van der Waals surface area contributed by atoms with Gasteiger partial charge in [-0.3, -0.25) is 4.79 Å². The number of fused-ring (bicyclic) bond motifs is 1. The van der Waals surface area contributed by atoms with E-state index in [2.05, 4.69) is 47.4 Å². The lowest BCUT2D eigenvalue weighted by atomic mass is 10.0. The number of carbonyl (C=O) groups is 2. The lowest BCUT2D eigenvalue weighted by Gasteiger charge is -2.11. The minimum Gasteiger partial charge on any atom is -0.421 e. The molecule has 0 aliphatic carbocycles. The largest absolute Gasteiger partial charge is 0.421 e. The van der Waals surface area contributed by atoms with Crippen molar-refractivity contribution in [1.82, 2.24) is 10.4 Å². The third kappa shape index (κ3) is 5.69. The van der Waals surface area contributed by atoms with Gasteiger partial charge in [-0.15, -0.1) is 0 Å². The molecule has 39 heavy (non-hydrogen) atoms. The number of hydrogen-bond donors (Lipinski definition) is 2. The number of nitrogens with one attached hydrogen (secondary N) is 2. The van der Waals surface area contributed by atoms with Gasteiger partial charge in [-0.2, -0.15) is 5.10 Å². The van der Waals surface area contributed by atoms with Crippen LogP contribution in [0.2, 0.25) is 0 Å². The van der Waals surface area contributed by atoms with Crippen molar-refractivity contribution < 1.29 is 18.7 Å². The van der Waals surface area contributed by atoms with Crippen LogP contribution < -0.4 is 10.2 Å². The van der Waals surface area contributed by atoms with Crippen LogP contribution in [0.1, 0.15) is 32.0 Å². The number of hydrogen-bond acceptors (Lipinski definition) is 4. The fraction of sp³-hybridized carbons (Fsp3) is 0.0333. The molecular weight excluding hydrogens is 629 g/mol. The maximum atomic E-state index is 14.6. The normalized spacial score (nSPS) is 11.2. The van der Waals surface area contributed by atoms with Crippen LogP contribution in [0.25, 0.3) is 22.0 Å². The van der Waals surface area contributed by atoms with Gasteiger partial charge in [-0.05, 0) is 58.7 Å². The van der Waals surface area contributed by atoms with Crippen LogP contribution in [0.3, 0.4) is 0 Å². The van der Waals surface area contributed by atoms with Crippen molar-refractivity contribution in [3.63, 3.8) is 0 Å². The van der Waals surface area contributed by atoms with Gasteiger partial charge < -0.3 is 9.72 Å². The highest BCUT2D eigenvalue weighted by Crippen LogP contribution is 2.34. The van der Waals surface area contributed by atoms with Crippen LogP contribution in [0.4, 0.5) is 4.39 Å².